The predicted molar refractivity (Wildman–Crippen MR) is 59.7 cm³/mol. The zero-order valence-electron chi connectivity index (χ0n) is 6.71. The van der Waals surface area contributed by atoms with E-state index in [2.05, 4.69) is 26.2 Å². The maximum atomic E-state index is 6.35. The monoisotopic (exact) mass is 250 g/mol. The van der Waals surface area contributed by atoms with Gasteiger partial charge in [-0.1, -0.05) is 26.2 Å². The van der Waals surface area contributed by atoms with Crippen molar-refractivity contribution < 1.29 is 0 Å². The average molecular weight is 252 g/mol. The van der Waals surface area contributed by atoms with Gasteiger partial charge in [-0.3, -0.25) is 0 Å². The molecule has 0 aromatic rings. The van der Waals surface area contributed by atoms with E-state index in [0.29, 0.717) is 0 Å². The first-order valence-electron chi connectivity index (χ1n) is 3.16. The van der Waals surface area contributed by atoms with E-state index >= 15 is 0 Å². The highest BCUT2D eigenvalue weighted by Gasteiger charge is 2.46. The number of rotatable bonds is 2. The molecule has 0 aliphatic heterocycles. The van der Waals surface area contributed by atoms with Crippen LogP contribution in [0.3, 0.4) is 0 Å². The minimum Gasteiger partial charge on any atom is -0.172 e. The summed E-state index contributed by atoms with van der Waals surface area (Å²) in [6.07, 6.45) is -1.70. The van der Waals surface area contributed by atoms with Gasteiger partial charge in [0.25, 0.3) is 0 Å². The van der Waals surface area contributed by atoms with Crippen molar-refractivity contribution in [3.05, 3.63) is 0 Å². The van der Waals surface area contributed by atoms with Crippen LogP contribution >= 0.6 is 33.2 Å². The molecule has 0 heterocycles. The lowest BCUT2D eigenvalue weighted by molar-refractivity contribution is 1.83. The Balaban J connectivity index is 4.40. The summed E-state index contributed by atoms with van der Waals surface area (Å²) in [5.74, 6) is 0. The van der Waals surface area contributed by atoms with E-state index in [9.17, 15) is 0 Å². The second-order valence-electron chi connectivity index (χ2n) is 3.63. The van der Waals surface area contributed by atoms with Gasteiger partial charge in [0.05, 0.1) is 7.59 Å². The van der Waals surface area contributed by atoms with Gasteiger partial charge in [0.1, 0.15) is 0 Å². The summed E-state index contributed by atoms with van der Waals surface area (Å²) in [6, 6.07) is 0. The van der Waals surface area contributed by atoms with E-state index in [1.165, 1.54) is 0 Å². The van der Waals surface area contributed by atoms with Crippen molar-refractivity contribution in [1.29, 1.82) is 0 Å². The van der Waals surface area contributed by atoms with Crippen molar-refractivity contribution in [2.45, 2.75) is 26.2 Å². The first-order valence-corrected chi connectivity index (χ1v) is 16.5. The molecule has 0 aliphatic carbocycles. The van der Waals surface area contributed by atoms with Gasteiger partial charge in [0, 0.05) is 0 Å². The summed E-state index contributed by atoms with van der Waals surface area (Å²) in [6.45, 7) is 7.26. The largest absolute Gasteiger partial charge is 0.240 e. The first-order chi connectivity index (χ1) is 4.19. The Morgan fingerprint density at radius 3 is 1.30 bits per heavy atom. The average Bonchev–Trinajstić information content (AvgIpc) is 1.62. The Morgan fingerprint density at radius 1 is 1.00 bits per heavy atom. The van der Waals surface area contributed by atoms with E-state index in [-0.39, 0.29) is 0 Å². The Kier molecular flexibility index (Phi) is 4.03. The molecule has 1 atom stereocenters. The van der Waals surface area contributed by atoms with Crippen LogP contribution in [0.2, 0.25) is 26.2 Å². The summed E-state index contributed by atoms with van der Waals surface area (Å²) >= 11 is 18.2. The fourth-order valence-electron chi connectivity index (χ4n) is 0.327. The number of halogens is 3. The third-order valence-corrected chi connectivity index (χ3v) is 47.5. The maximum absolute atomic E-state index is 6.35. The molecule has 0 N–H and O–H groups in total. The van der Waals surface area contributed by atoms with Crippen molar-refractivity contribution in [3.63, 3.8) is 0 Å². The molecular weight excluding hydrogens is 239 g/mol. The van der Waals surface area contributed by atoms with Crippen LogP contribution in [0.4, 0.5) is 0 Å². The Morgan fingerprint density at radius 2 is 1.30 bits per heavy atom. The number of hydrogen-bond donors (Lipinski definition) is 0. The summed E-state index contributed by atoms with van der Waals surface area (Å²) in [4.78, 5) is 0. The van der Waals surface area contributed by atoms with E-state index < -0.39 is 20.9 Å². The zero-order valence-corrected chi connectivity index (χ0v) is 12.1. The summed E-state index contributed by atoms with van der Waals surface area (Å²) < 4.78 is 0. The molecule has 0 saturated heterocycles. The molecular formula is C4H13Cl3Si3. The lowest BCUT2D eigenvalue weighted by Crippen LogP contribution is -2.57. The normalized spacial score (nSPS) is 19.2. The molecule has 0 radical (unpaired) electrons. The van der Waals surface area contributed by atoms with Crippen molar-refractivity contribution in [2.75, 3.05) is 0 Å². The van der Waals surface area contributed by atoms with Crippen LogP contribution in [0.15, 0.2) is 0 Å². The zero-order chi connectivity index (χ0) is 8.58. The molecule has 0 aromatic heterocycles. The van der Waals surface area contributed by atoms with E-state index in [0.717, 1.165) is 0 Å². The van der Waals surface area contributed by atoms with Gasteiger partial charge < -0.3 is 0 Å². The van der Waals surface area contributed by atoms with Crippen molar-refractivity contribution in [1.82, 2.24) is 0 Å². The summed E-state index contributed by atoms with van der Waals surface area (Å²) in [5.41, 5.74) is 0. The topological polar surface area (TPSA) is 0 Å². The summed E-state index contributed by atoms with van der Waals surface area (Å²) in [5, 5.41) is 0. The van der Waals surface area contributed by atoms with Crippen molar-refractivity contribution in [2.24, 2.45) is 0 Å². The fraction of sp³-hybridized carbons (Fsp3) is 1.00. The second kappa shape index (κ2) is 3.49. The highest BCUT2D eigenvalue weighted by molar-refractivity contribution is 7.91. The molecule has 0 fully saturated rings. The van der Waals surface area contributed by atoms with E-state index in [1.54, 1.807) is 0 Å². The van der Waals surface area contributed by atoms with Crippen LogP contribution in [0.5, 0.6) is 0 Å². The molecule has 0 saturated carbocycles. The van der Waals surface area contributed by atoms with Gasteiger partial charge in [-0.15, -0.1) is 0 Å². The Hall–Kier alpha value is 1.52. The van der Waals surface area contributed by atoms with Crippen molar-refractivity contribution in [3.8, 4) is 0 Å². The van der Waals surface area contributed by atoms with Crippen LogP contribution in [-0.2, 0) is 0 Å². The van der Waals surface area contributed by atoms with Crippen LogP contribution in [0.25, 0.3) is 0 Å². The molecule has 0 nitrogen and oxygen atoms in total. The Labute approximate surface area is 80.2 Å². The summed E-state index contributed by atoms with van der Waals surface area (Å²) in [7, 11) is -1.25. The highest BCUT2D eigenvalue weighted by atomic mass is 35.7. The van der Waals surface area contributed by atoms with Gasteiger partial charge in [-0.2, -0.15) is 33.2 Å². The highest BCUT2D eigenvalue weighted by Crippen LogP contribution is 2.28. The molecule has 0 rings (SSSR count). The maximum Gasteiger partial charge on any atom is 0.240 e. The van der Waals surface area contributed by atoms with Crippen LogP contribution in [-0.4, -0.2) is 20.9 Å². The minimum absolute atomic E-state index is 1.25. The van der Waals surface area contributed by atoms with Gasteiger partial charge in [0.15, 0.2) is 6.42 Å². The van der Waals surface area contributed by atoms with Crippen LogP contribution in [0.1, 0.15) is 0 Å². The lowest BCUT2D eigenvalue weighted by atomic mass is 11.8. The van der Waals surface area contributed by atoms with Gasteiger partial charge >= 0.3 is 0 Å². The first kappa shape index (κ1) is 11.5. The van der Waals surface area contributed by atoms with Gasteiger partial charge in [-0.05, 0) is 0 Å². The van der Waals surface area contributed by atoms with E-state index in [1.807, 2.05) is 0 Å². The molecule has 0 aliphatic rings. The standard InChI is InChI=1S/C4H13Cl3Si3/c1-9(2,3)10(4,7)8(5)6/h8H,1-4H3. The molecule has 0 amide bonds. The molecule has 6 heteroatoms. The SMILES string of the molecule is C[Si](C)(C)[Si](C)(Cl)[SiH](Cl)Cl. The van der Waals surface area contributed by atoms with E-state index in [4.69, 9.17) is 33.2 Å². The fourth-order valence-corrected chi connectivity index (χ4v) is 26.5. The smallest absolute Gasteiger partial charge is 0.172 e. The Bertz CT molecular complexity index is 117. The third kappa shape index (κ3) is 2.53. The van der Waals surface area contributed by atoms with Crippen molar-refractivity contribution >= 4 is 54.2 Å². The van der Waals surface area contributed by atoms with Crippen LogP contribution < -0.4 is 0 Å². The van der Waals surface area contributed by atoms with Crippen LogP contribution in [0, 0.1) is 0 Å². The molecule has 62 valence electrons. The van der Waals surface area contributed by atoms with Gasteiger partial charge in [-0.25, -0.2) is 0 Å². The third-order valence-electron chi connectivity index (χ3n) is 1.88. The molecule has 0 bridgehead atoms. The molecule has 10 heavy (non-hydrogen) atoms. The predicted octanol–water partition coefficient (Wildman–Crippen LogP) is 2.99. The second-order valence-corrected chi connectivity index (χ2v) is 35.3. The quantitative estimate of drug-likeness (QED) is 0.523. The van der Waals surface area contributed by atoms with Gasteiger partial charge in [0.2, 0.25) is 6.93 Å². The minimum atomic E-state index is -1.70. The molecule has 0 spiro atoms. The molecule has 1 unspecified atom stereocenters. The molecule has 0 aromatic carbocycles. The number of hydrogen-bond acceptors (Lipinski definition) is 0. The lowest BCUT2D eigenvalue weighted by Gasteiger charge is -2.32.